The highest BCUT2D eigenvalue weighted by Crippen LogP contribution is 2.33. The first kappa shape index (κ1) is 14.9. The van der Waals surface area contributed by atoms with Gasteiger partial charge in [-0.05, 0) is 17.7 Å². The lowest BCUT2D eigenvalue weighted by Crippen LogP contribution is -2.19. The van der Waals surface area contributed by atoms with Crippen molar-refractivity contribution in [2.45, 2.75) is 9.65 Å². The van der Waals surface area contributed by atoms with Crippen LogP contribution in [0, 0.1) is 0 Å². The number of ketones is 1. The number of Topliss-reactive ketones (excluding diaryl/α,β-unsaturated/α-hetero) is 1. The van der Waals surface area contributed by atoms with Gasteiger partial charge in [-0.15, -0.1) is 0 Å². The van der Waals surface area contributed by atoms with Crippen molar-refractivity contribution in [1.29, 1.82) is 0 Å². The summed E-state index contributed by atoms with van der Waals surface area (Å²) in [5, 5.41) is 0. The third-order valence-corrected chi connectivity index (χ3v) is 5.99. The first-order valence-corrected chi connectivity index (χ1v) is 8.35. The Hall–Kier alpha value is -0.450. The van der Waals surface area contributed by atoms with Gasteiger partial charge < -0.3 is 0 Å². The van der Waals surface area contributed by atoms with Crippen LogP contribution in [0.25, 0.3) is 0 Å². The van der Waals surface area contributed by atoms with Gasteiger partial charge in [-0.25, -0.2) is 0 Å². The number of carbonyl (C=O) groups is 1. The molecule has 2 aromatic rings. The van der Waals surface area contributed by atoms with Crippen molar-refractivity contribution in [3.63, 3.8) is 0 Å². The molecule has 98 valence electrons. The molecule has 0 spiro atoms. The largest absolute Gasteiger partial charge is 0.293 e. The molecule has 0 aliphatic rings. The van der Waals surface area contributed by atoms with E-state index >= 15 is 0 Å². The third-order valence-electron chi connectivity index (χ3n) is 2.75. The molecular formula is C15H11Br3O. The Morgan fingerprint density at radius 3 is 2.05 bits per heavy atom. The van der Waals surface area contributed by atoms with Crippen molar-refractivity contribution < 1.29 is 4.79 Å². The maximum absolute atomic E-state index is 12.3. The number of alkyl halides is 2. The van der Waals surface area contributed by atoms with Gasteiger partial charge in [0.1, 0.15) is 0 Å². The van der Waals surface area contributed by atoms with Crippen molar-refractivity contribution in [1.82, 2.24) is 0 Å². The molecule has 0 saturated carbocycles. The number of benzene rings is 2. The third kappa shape index (κ3) is 3.77. The Labute approximate surface area is 137 Å². The van der Waals surface area contributed by atoms with E-state index in [9.17, 15) is 4.79 Å². The van der Waals surface area contributed by atoms with E-state index in [1.807, 2.05) is 54.6 Å². The summed E-state index contributed by atoms with van der Waals surface area (Å²) in [4.78, 5) is 12.0. The molecule has 2 rings (SSSR count). The van der Waals surface area contributed by atoms with Crippen LogP contribution in [-0.4, -0.2) is 10.6 Å². The summed E-state index contributed by atoms with van der Waals surface area (Å²) < 4.78 is 1.02. The van der Waals surface area contributed by atoms with Gasteiger partial charge in [-0.1, -0.05) is 90.3 Å². The van der Waals surface area contributed by atoms with Gasteiger partial charge >= 0.3 is 0 Å². The van der Waals surface area contributed by atoms with Gasteiger partial charge in [0.2, 0.25) is 0 Å². The molecule has 2 atom stereocenters. The second kappa shape index (κ2) is 6.82. The lowest BCUT2D eigenvalue weighted by molar-refractivity contribution is 0.0991. The molecule has 0 fully saturated rings. The molecule has 0 heterocycles. The average Bonchev–Trinajstić information content (AvgIpc) is 2.46. The van der Waals surface area contributed by atoms with Crippen molar-refractivity contribution >= 4 is 53.6 Å². The molecule has 0 N–H and O–H groups in total. The average molecular weight is 447 g/mol. The van der Waals surface area contributed by atoms with Crippen LogP contribution in [0.2, 0.25) is 0 Å². The highest BCUT2D eigenvalue weighted by Gasteiger charge is 2.25. The van der Waals surface area contributed by atoms with Crippen LogP contribution in [0.15, 0.2) is 59.1 Å². The smallest absolute Gasteiger partial charge is 0.177 e. The van der Waals surface area contributed by atoms with Gasteiger partial charge in [0.15, 0.2) is 5.78 Å². The van der Waals surface area contributed by atoms with Crippen LogP contribution in [0.4, 0.5) is 0 Å². The molecule has 0 bridgehead atoms. The monoisotopic (exact) mass is 444 g/mol. The van der Waals surface area contributed by atoms with E-state index in [4.69, 9.17) is 0 Å². The van der Waals surface area contributed by atoms with Gasteiger partial charge in [-0.2, -0.15) is 0 Å². The van der Waals surface area contributed by atoms with E-state index in [0.29, 0.717) is 5.56 Å². The van der Waals surface area contributed by atoms with E-state index < -0.39 is 0 Å². The fraction of sp³-hybridized carbons (Fsp3) is 0.133. The fourth-order valence-electron chi connectivity index (χ4n) is 1.71. The lowest BCUT2D eigenvalue weighted by atomic mass is 10.0. The summed E-state index contributed by atoms with van der Waals surface area (Å²) in [6.45, 7) is 0. The van der Waals surface area contributed by atoms with E-state index in [0.717, 1.165) is 10.0 Å². The fourth-order valence-corrected chi connectivity index (χ4v) is 3.09. The standard InChI is InChI=1S/C15H11Br3O/c16-12-8-6-10(7-9-12)13(17)14(18)15(19)11-4-2-1-3-5-11/h1-9,13-14H/t13-,14-/m1/s1. The molecule has 19 heavy (non-hydrogen) atoms. The molecule has 0 saturated heterocycles. The van der Waals surface area contributed by atoms with Crippen molar-refractivity contribution in [3.8, 4) is 0 Å². The first-order valence-electron chi connectivity index (χ1n) is 5.72. The summed E-state index contributed by atoms with van der Waals surface area (Å²) in [7, 11) is 0. The maximum Gasteiger partial charge on any atom is 0.177 e. The Kier molecular flexibility index (Phi) is 5.37. The molecule has 1 nitrogen and oxygen atoms in total. The van der Waals surface area contributed by atoms with Gasteiger partial charge in [0, 0.05) is 10.0 Å². The molecule has 0 aliphatic heterocycles. The molecule has 2 aromatic carbocycles. The topological polar surface area (TPSA) is 17.1 Å². The zero-order valence-electron chi connectivity index (χ0n) is 9.89. The molecule has 0 radical (unpaired) electrons. The molecule has 0 amide bonds. The summed E-state index contributed by atoms with van der Waals surface area (Å²) >= 11 is 10.5. The summed E-state index contributed by atoms with van der Waals surface area (Å²) in [6, 6.07) is 17.2. The zero-order valence-corrected chi connectivity index (χ0v) is 14.7. The highest BCUT2D eigenvalue weighted by atomic mass is 79.9. The molecular weight excluding hydrogens is 436 g/mol. The van der Waals surface area contributed by atoms with E-state index in [-0.39, 0.29) is 15.4 Å². The van der Waals surface area contributed by atoms with Crippen LogP contribution in [0.3, 0.4) is 0 Å². The van der Waals surface area contributed by atoms with E-state index in [1.54, 1.807) is 0 Å². The van der Waals surface area contributed by atoms with E-state index in [1.165, 1.54) is 0 Å². The number of hydrogen-bond donors (Lipinski definition) is 0. The molecule has 0 aromatic heterocycles. The quantitative estimate of drug-likeness (QED) is 0.445. The summed E-state index contributed by atoms with van der Waals surface area (Å²) in [5.41, 5.74) is 1.78. The van der Waals surface area contributed by atoms with Crippen molar-refractivity contribution in [2.24, 2.45) is 0 Å². The maximum atomic E-state index is 12.3. The first-order chi connectivity index (χ1) is 9.09. The Morgan fingerprint density at radius 1 is 0.895 bits per heavy atom. The zero-order chi connectivity index (χ0) is 13.8. The number of hydrogen-bond acceptors (Lipinski definition) is 1. The lowest BCUT2D eigenvalue weighted by Gasteiger charge is -2.16. The van der Waals surface area contributed by atoms with Crippen LogP contribution in [0.5, 0.6) is 0 Å². The SMILES string of the molecule is O=C(c1ccccc1)[C@H](Br)[C@H](Br)c1ccc(Br)cc1. The van der Waals surface area contributed by atoms with Gasteiger partial charge in [-0.3, -0.25) is 4.79 Å². The molecule has 0 unspecified atom stereocenters. The van der Waals surface area contributed by atoms with Gasteiger partial charge in [0.05, 0.1) is 9.65 Å². The van der Waals surface area contributed by atoms with Crippen LogP contribution in [-0.2, 0) is 0 Å². The Bertz CT molecular complexity index is 551. The normalized spacial score (nSPS) is 13.8. The minimum absolute atomic E-state index is 0.0618. The summed E-state index contributed by atoms with van der Waals surface area (Å²) in [6.07, 6.45) is 0. The summed E-state index contributed by atoms with van der Waals surface area (Å²) in [5.74, 6) is 0.0744. The predicted molar refractivity (Wildman–Crippen MR) is 89.3 cm³/mol. The number of rotatable bonds is 4. The highest BCUT2D eigenvalue weighted by molar-refractivity contribution is 9.12. The molecule has 4 heteroatoms. The second-order valence-electron chi connectivity index (χ2n) is 4.09. The van der Waals surface area contributed by atoms with Gasteiger partial charge in [0.25, 0.3) is 0 Å². The van der Waals surface area contributed by atoms with Crippen LogP contribution >= 0.6 is 47.8 Å². The number of carbonyl (C=O) groups excluding carboxylic acids is 1. The Balaban J connectivity index is 2.17. The minimum atomic E-state index is -0.295. The minimum Gasteiger partial charge on any atom is -0.293 e. The van der Waals surface area contributed by atoms with Crippen LogP contribution in [0.1, 0.15) is 20.7 Å². The van der Waals surface area contributed by atoms with Crippen LogP contribution < -0.4 is 0 Å². The van der Waals surface area contributed by atoms with Crippen molar-refractivity contribution in [3.05, 3.63) is 70.2 Å². The second-order valence-corrected chi connectivity index (χ2v) is 6.97. The number of halogens is 3. The Morgan fingerprint density at radius 2 is 1.47 bits per heavy atom. The predicted octanol–water partition coefficient (Wildman–Crippen LogP) is 5.53. The van der Waals surface area contributed by atoms with E-state index in [2.05, 4.69) is 47.8 Å². The molecule has 0 aliphatic carbocycles. The van der Waals surface area contributed by atoms with Crippen molar-refractivity contribution in [2.75, 3.05) is 0 Å².